The standard InChI is InChI=1S/C25H24N2O5S/c28-24(10-13-33(30,31)22-6-4-17-2-1-3-18(17)15-22)26-21-5-7-23-19(14-21)8-11-27(23)25(29)20-9-12-32-16-20/h4-7,9,12,14-16H,1-3,8,10-11,13H2,(H,26,28). The molecule has 2 aliphatic rings. The summed E-state index contributed by atoms with van der Waals surface area (Å²) < 4.78 is 30.4. The number of nitrogens with zero attached hydrogens (tertiary/aromatic N) is 1. The predicted octanol–water partition coefficient (Wildman–Crippen LogP) is 3.77. The van der Waals surface area contributed by atoms with E-state index in [1.165, 1.54) is 18.1 Å². The molecule has 1 aromatic heterocycles. The van der Waals surface area contributed by atoms with Crippen LogP contribution >= 0.6 is 0 Å². The van der Waals surface area contributed by atoms with Crippen molar-refractivity contribution in [3.8, 4) is 0 Å². The van der Waals surface area contributed by atoms with E-state index in [1.807, 2.05) is 12.1 Å². The second-order valence-corrected chi connectivity index (χ2v) is 10.6. The maximum absolute atomic E-state index is 12.7. The third kappa shape index (κ3) is 4.30. The lowest BCUT2D eigenvalue weighted by Gasteiger charge is -2.16. The van der Waals surface area contributed by atoms with Gasteiger partial charge in [-0.1, -0.05) is 6.07 Å². The second-order valence-electron chi connectivity index (χ2n) is 8.46. The minimum atomic E-state index is -3.53. The quantitative estimate of drug-likeness (QED) is 0.599. The number of amides is 2. The van der Waals surface area contributed by atoms with Crippen LogP contribution in [0.3, 0.4) is 0 Å². The first-order valence-electron chi connectivity index (χ1n) is 11.0. The predicted molar refractivity (Wildman–Crippen MR) is 124 cm³/mol. The van der Waals surface area contributed by atoms with E-state index < -0.39 is 9.84 Å². The first-order chi connectivity index (χ1) is 15.9. The van der Waals surface area contributed by atoms with E-state index in [2.05, 4.69) is 5.32 Å². The Hall–Kier alpha value is -3.39. The molecule has 0 spiro atoms. The normalized spacial score (nSPS) is 14.7. The van der Waals surface area contributed by atoms with Gasteiger partial charge in [0.25, 0.3) is 5.91 Å². The molecular formula is C25H24N2O5S. The number of aryl methyl sites for hydroxylation is 2. The summed E-state index contributed by atoms with van der Waals surface area (Å²) in [6, 6.07) is 12.3. The van der Waals surface area contributed by atoms with Crippen LogP contribution in [-0.4, -0.2) is 32.5 Å². The first kappa shape index (κ1) is 21.5. The van der Waals surface area contributed by atoms with Gasteiger partial charge < -0.3 is 14.6 Å². The van der Waals surface area contributed by atoms with Crippen LogP contribution in [0, 0.1) is 0 Å². The van der Waals surface area contributed by atoms with Gasteiger partial charge in [-0.05, 0) is 78.8 Å². The van der Waals surface area contributed by atoms with Gasteiger partial charge >= 0.3 is 0 Å². The molecule has 0 fully saturated rings. The average Bonchev–Trinajstić information content (AvgIpc) is 3.57. The summed E-state index contributed by atoms with van der Waals surface area (Å²) in [5.41, 5.74) is 5.15. The van der Waals surface area contributed by atoms with Crippen molar-refractivity contribution in [3.63, 3.8) is 0 Å². The highest BCUT2D eigenvalue weighted by Crippen LogP contribution is 2.32. The van der Waals surface area contributed by atoms with Crippen LogP contribution in [0.5, 0.6) is 0 Å². The zero-order chi connectivity index (χ0) is 23.0. The summed E-state index contributed by atoms with van der Waals surface area (Å²) in [6.45, 7) is 0.551. The lowest BCUT2D eigenvalue weighted by Crippen LogP contribution is -2.28. The lowest BCUT2D eigenvalue weighted by atomic mass is 10.1. The smallest absolute Gasteiger partial charge is 0.261 e. The summed E-state index contributed by atoms with van der Waals surface area (Å²) in [6.07, 6.45) is 6.39. The Morgan fingerprint density at radius 3 is 2.64 bits per heavy atom. The van der Waals surface area contributed by atoms with Crippen molar-refractivity contribution in [2.75, 3.05) is 22.5 Å². The summed E-state index contributed by atoms with van der Waals surface area (Å²) in [4.78, 5) is 27.1. The Morgan fingerprint density at radius 2 is 1.82 bits per heavy atom. The molecule has 3 aromatic rings. The molecule has 0 radical (unpaired) electrons. The molecule has 0 saturated heterocycles. The van der Waals surface area contributed by atoms with E-state index in [4.69, 9.17) is 4.42 Å². The maximum atomic E-state index is 12.7. The average molecular weight is 465 g/mol. The van der Waals surface area contributed by atoms with Gasteiger partial charge in [0.15, 0.2) is 9.84 Å². The molecule has 170 valence electrons. The Labute approximate surface area is 192 Å². The fourth-order valence-corrected chi connectivity index (χ4v) is 5.83. The molecule has 2 heterocycles. The zero-order valence-corrected chi connectivity index (χ0v) is 18.9. The number of hydrogen-bond acceptors (Lipinski definition) is 5. The number of rotatable bonds is 6. The van der Waals surface area contributed by atoms with E-state index >= 15 is 0 Å². The van der Waals surface area contributed by atoms with E-state index in [0.717, 1.165) is 36.1 Å². The Bertz CT molecular complexity index is 1330. The van der Waals surface area contributed by atoms with Gasteiger partial charge in [0, 0.05) is 24.3 Å². The summed E-state index contributed by atoms with van der Waals surface area (Å²) in [7, 11) is -3.53. The van der Waals surface area contributed by atoms with Gasteiger partial charge in [0.05, 0.1) is 22.5 Å². The van der Waals surface area contributed by atoms with Gasteiger partial charge in [0.1, 0.15) is 6.26 Å². The maximum Gasteiger partial charge on any atom is 0.261 e. The summed E-state index contributed by atoms with van der Waals surface area (Å²) in [5, 5.41) is 2.79. The molecule has 7 nitrogen and oxygen atoms in total. The topological polar surface area (TPSA) is 96.7 Å². The van der Waals surface area contributed by atoms with Gasteiger partial charge in [-0.15, -0.1) is 0 Å². The number of hydrogen-bond donors (Lipinski definition) is 1. The number of benzene rings is 2. The zero-order valence-electron chi connectivity index (χ0n) is 18.0. The Morgan fingerprint density at radius 1 is 0.970 bits per heavy atom. The summed E-state index contributed by atoms with van der Waals surface area (Å²) >= 11 is 0. The number of anilines is 2. The van der Waals surface area contributed by atoms with Gasteiger partial charge in [-0.3, -0.25) is 9.59 Å². The number of carbonyl (C=O) groups is 2. The highest BCUT2D eigenvalue weighted by Gasteiger charge is 2.26. The molecular weight excluding hydrogens is 440 g/mol. The first-order valence-corrected chi connectivity index (χ1v) is 12.7. The number of sulfone groups is 1. The van der Waals surface area contributed by atoms with Gasteiger partial charge in [0.2, 0.25) is 5.91 Å². The SMILES string of the molecule is O=C(CCS(=O)(=O)c1ccc2c(c1)CCC2)Nc1ccc2c(c1)CCN2C(=O)c1ccoc1. The Kier molecular flexibility index (Phi) is 5.54. The van der Waals surface area contributed by atoms with Crippen LogP contribution in [0.15, 0.2) is 64.3 Å². The molecule has 0 saturated carbocycles. The monoisotopic (exact) mass is 464 g/mol. The highest BCUT2D eigenvalue weighted by atomic mass is 32.2. The number of nitrogens with one attached hydrogen (secondary N) is 1. The minimum absolute atomic E-state index is 0.123. The molecule has 1 N–H and O–H groups in total. The molecule has 0 bridgehead atoms. The van der Waals surface area contributed by atoms with Crippen molar-refractivity contribution in [2.24, 2.45) is 0 Å². The van der Waals surface area contributed by atoms with Crippen molar-refractivity contribution in [1.82, 2.24) is 0 Å². The van der Waals surface area contributed by atoms with Crippen LogP contribution < -0.4 is 10.2 Å². The minimum Gasteiger partial charge on any atom is -0.472 e. The fourth-order valence-electron chi connectivity index (χ4n) is 4.54. The largest absolute Gasteiger partial charge is 0.472 e. The third-order valence-electron chi connectivity index (χ3n) is 6.30. The van der Waals surface area contributed by atoms with Crippen LogP contribution in [0.4, 0.5) is 11.4 Å². The highest BCUT2D eigenvalue weighted by molar-refractivity contribution is 7.91. The van der Waals surface area contributed by atoms with E-state index in [0.29, 0.717) is 24.2 Å². The van der Waals surface area contributed by atoms with Crippen molar-refractivity contribution in [1.29, 1.82) is 0 Å². The molecule has 0 atom stereocenters. The number of furan rings is 1. The number of carbonyl (C=O) groups excluding carboxylic acids is 2. The third-order valence-corrected chi connectivity index (χ3v) is 8.01. The van der Waals surface area contributed by atoms with Crippen molar-refractivity contribution >= 4 is 33.0 Å². The molecule has 5 rings (SSSR count). The van der Waals surface area contributed by atoms with Crippen molar-refractivity contribution < 1.29 is 22.4 Å². The van der Waals surface area contributed by atoms with E-state index in [-0.39, 0.29) is 28.9 Å². The summed E-state index contributed by atoms with van der Waals surface area (Å²) in [5.74, 6) is -0.727. The van der Waals surface area contributed by atoms with E-state index in [1.54, 1.807) is 35.2 Å². The fraction of sp³-hybridized carbons (Fsp3) is 0.280. The second kappa shape index (κ2) is 8.51. The molecule has 2 aromatic carbocycles. The van der Waals surface area contributed by atoms with Crippen LogP contribution in [0.1, 0.15) is 39.9 Å². The van der Waals surface area contributed by atoms with Crippen molar-refractivity contribution in [2.45, 2.75) is 37.0 Å². The van der Waals surface area contributed by atoms with Crippen molar-refractivity contribution in [3.05, 3.63) is 77.2 Å². The van der Waals surface area contributed by atoms with Crippen LogP contribution in [0.25, 0.3) is 0 Å². The molecule has 8 heteroatoms. The molecule has 1 aliphatic heterocycles. The lowest BCUT2D eigenvalue weighted by molar-refractivity contribution is -0.115. The molecule has 33 heavy (non-hydrogen) atoms. The molecule has 1 aliphatic carbocycles. The van der Waals surface area contributed by atoms with Crippen LogP contribution in [0.2, 0.25) is 0 Å². The van der Waals surface area contributed by atoms with E-state index in [9.17, 15) is 18.0 Å². The van der Waals surface area contributed by atoms with Gasteiger partial charge in [-0.2, -0.15) is 0 Å². The Balaban J connectivity index is 1.21. The van der Waals surface area contributed by atoms with Crippen LogP contribution in [-0.2, 0) is 33.9 Å². The molecule has 0 unspecified atom stereocenters. The number of fused-ring (bicyclic) bond motifs is 2. The van der Waals surface area contributed by atoms with Gasteiger partial charge in [-0.25, -0.2) is 8.42 Å². The molecule has 2 amide bonds.